The van der Waals surface area contributed by atoms with E-state index in [4.69, 9.17) is 4.74 Å². The Morgan fingerprint density at radius 3 is 2.50 bits per heavy atom. The number of rotatable bonds is 2. The largest absolute Gasteiger partial charge is 0.375 e. The number of carbonyl (C=O) groups excluding carboxylic acids is 1. The fourth-order valence-corrected chi connectivity index (χ4v) is 4.51. The number of Topliss-reactive ketones (excluding diaryl/α,β-unsaturated/α-hetero) is 1. The Hall–Kier alpha value is -0.410. The van der Waals surface area contributed by atoms with Crippen LogP contribution >= 0.6 is 0 Å². The summed E-state index contributed by atoms with van der Waals surface area (Å²) in [5, 5.41) is 3.38. The van der Waals surface area contributed by atoms with Crippen molar-refractivity contribution in [3.63, 3.8) is 0 Å². The summed E-state index contributed by atoms with van der Waals surface area (Å²) in [6.07, 6.45) is 10.2. The minimum Gasteiger partial charge on any atom is -0.375 e. The highest BCUT2D eigenvalue weighted by molar-refractivity contribution is 5.87. The lowest BCUT2D eigenvalue weighted by Crippen LogP contribution is -2.48. The molecule has 0 aromatic heterocycles. The summed E-state index contributed by atoms with van der Waals surface area (Å²) in [5.41, 5.74) is -0.0246. The van der Waals surface area contributed by atoms with Gasteiger partial charge in [0.05, 0.1) is 5.60 Å². The number of ether oxygens (including phenoxy) is 1. The first-order chi connectivity index (χ1) is 9.64. The molecule has 114 valence electrons. The molecule has 0 aromatic rings. The Bertz CT molecular complexity index is 348. The summed E-state index contributed by atoms with van der Waals surface area (Å²) in [6, 6.07) is 0. The average Bonchev–Trinajstić information content (AvgIpc) is 2.48. The monoisotopic (exact) mass is 279 g/mol. The molecule has 2 aliphatic heterocycles. The molecule has 1 saturated carbocycles. The molecule has 3 fully saturated rings. The van der Waals surface area contributed by atoms with Gasteiger partial charge >= 0.3 is 0 Å². The third-order valence-electron chi connectivity index (χ3n) is 5.93. The SMILES string of the molecule is CC1(C(=O)C2CCOC3(CCCCC3)C2)CCNCC1. The van der Waals surface area contributed by atoms with E-state index in [0.717, 1.165) is 45.4 Å². The molecule has 1 atom stereocenters. The molecular weight excluding hydrogens is 250 g/mol. The van der Waals surface area contributed by atoms with E-state index in [1.54, 1.807) is 0 Å². The lowest BCUT2D eigenvalue weighted by molar-refractivity contribution is -0.151. The molecular formula is C17H29NO2. The predicted octanol–water partition coefficient (Wildman–Crippen LogP) is 3.07. The molecule has 0 radical (unpaired) electrons. The second kappa shape index (κ2) is 5.76. The third-order valence-corrected chi connectivity index (χ3v) is 5.93. The Balaban J connectivity index is 1.68. The Morgan fingerprint density at radius 2 is 1.80 bits per heavy atom. The van der Waals surface area contributed by atoms with Crippen molar-refractivity contribution in [2.75, 3.05) is 19.7 Å². The first-order valence-electron chi connectivity index (χ1n) is 8.53. The van der Waals surface area contributed by atoms with Gasteiger partial charge in [0.25, 0.3) is 0 Å². The van der Waals surface area contributed by atoms with Crippen LogP contribution in [0.25, 0.3) is 0 Å². The Kier molecular flexibility index (Phi) is 4.19. The smallest absolute Gasteiger partial charge is 0.142 e. The number of ketones is 1. The van der Waals surface area contributed by atoms with Crippen molar-refractivity contribution < 1.29 is 9.53 Å². The molecule has 2 heterocycles. The van der Waals surface area contributed by atoms with Gasteiger partial charge in [-0.1, -0.05) is 26.2 Å². The first-order valence-corrected chi connectivity index (χ1v) is 8.53. The maximum absolute atomic E-state index is 13.0. The van der Waals surface area contributed by atoms with Crippen molar-refractivity contribution in [3.05, 3.63) is 0 Å². The van der Waals surface area contributed by atoms with E-state index in [2.05, 4.69) is 12.2 Å². The maximum atomic E-state index is 13.0. The van der Waals surface area contributed by atoms with Crippen LogP contribution < -0.4 is 5.32 Å². The average molecular weight is 279 g/mol. The Labute approximate surface area is 122 Å². The molecule has 0 bridgehead atoms. The lowest BCUT2D eigenvalue weighted by atomic mass is 9.67. The van der Waals surface area contributed by atoms with E-state index in [0.29, 0.717) is 5.78 Å². The molecule has 3 heteroatoms. The molecule has 20 heavy (non-hydrogen) atoms. The van der Waals surface area contributed by atoms with Gasteiger partial charge in [0, 0.05) is 17.9 Å². The van der Waals surface area contributed by atoms with Crippen LogP contribution in [0.3, 0.4) is 0 Å². The minimum atomic E-state index is -0.0802. The molecule has 2 saturated heterocycles. The van der Waals surface area contributed by atoms with E-state index >= 15 is 0 Å². The van der Waals surface area contributed by atoms with Crippen LogP contribution in [-0.4, -0.2) is 31.1 Å². The maximum Gasteiger partial charge on any atom is 0.142 e. The van der Waals surface area contributed by atoms with Crippen molar-refractivity contribution in [2.45, 2.75) is 70.3 Å². The van der Waals surface area contributed by atoms with Gasteiger partial charge in [0.2, 0.25) is 0 Å². The highest BCUT2D eigenvalue weighted by atomic mass is 16.5. The van der Waals surface area contributed by atoms with Gasteiger partial charge < -0.3 is 10.1 Å². The number of nitrogens with one attached hydrogen (secondary N) is 1. The number of hydrogen-bond acceptors (Lipinski definition) is 3. The van der Waals surface area contributed by atoms with Crippen LogP contribution in [-0.2, 0) is 9.53 Å². The molecule has 3 aliphatic rings. The molecule has 0 aromatic carbocycles. The Morgan fingerprint density at radius 1 is 1.10 bits per heavy atom. The molecule has 3 rings (SSSR count). The van der Waals surface area contributed by atoms with Gasteiger partial charge in [-0.15, -0.1) is 0 Å². The number of hydrogen-bond donors (Lipinski definition) is 1. The van der Waals surface area contributed by atoms with Crippen molar-refractivity contribution in [1.29, 1.82) is 0 Å². The number of carbonyl (C=O) groups is 1. The predicted molar refractivity (Wildman–Crippen MR) is 79.7 cm³/mol. The molecule has 0 amide bonds. The van der Waals surface area contributed by atoms with E-state index in [9.17, 15) is 4.79 Å². The minimum absolute atomic E-state index is 0.0557. The van der Waals surface area contributed by atoms with E-state index < -0.39 is 0 Å². The second-order valence-electron chi connectivity index (χ2n) is 7.46. The highest BCUT2D eigenvalue weighted by Gasteiger charge is 2.45. The van der Waals surface area contributed by atoms with Crippen molar-refractivity contribution in [1.82, 2.24) is 5.32 Å². The third kappa shape index (κ3) is 2.80. The van der Waals surface area contributed by atoms with E-state index in [1.807, 2.05) is 0 Å². The van der Waals surface area contributed by atoms with E-state index in [1.165, 1.54) is 32.1 Å². The van der Waals surface area contributed by atoms with Gasteiger partial charge in [0.15, 0.2) is 0 Å². The zero-order valence-corrected chi connectivity index (χ0v) is 12.9. The van der Waals surface area contributed by atoms with Crippen molar-refractivity contribution in [2.24, 2.45) is 11.3 Å². The van der Waals surface area contributed by atoms with Crippen LogP contribution in [0, 0.1) is 11.3 Å². The summed E-state index contributed by atoms with van der Waals surface area (Å²) in [6.45, 7) is 4.98. The topological polar surface area (TPSA) is 38.3 Å². The molecule has 1 unspecified atom stereocenters. The normalized spacial score (nSPS) is 33.0. The summed E-state index contributed by atoms with van der Waals surface area (Å²) in [4.78, 5) is 13.0. The highest BCUT2D eigenvalue weighted by Crippen LogP contribution is 2.44. The van der Waals surface area contributed by atoms with Crippen molar-refractivity contribution in [3.8, 4) is 0 Å². The van der Waals surface area contributed by atoms with Crippen LogP contribution in [0.2, 0.25) is 0 Å². The van der Waals surface area contributed by atoms with Crippen LogP contribution in [0.4, 0.5) is 0 Å². The van der Waals surface area contributed by atoms with Gasteiger partial charge in [-0.05, 0) is 51.6 Å². The molecule has 1 spiro atoms. The fraction of sp³-hybridized carbons (Fsp3) is 0.941. The molecule has 3 nitrogen and oxygen atoms in total. The first kappa shape index (κ1) is 14.5. The summed E-state index contributed by atoms with van der Waals surface area (Å²) in [7, 11) is 0. The summed E-state index contributed by atoms with van der Waals surface area (Å²) < 4.78 is 6.14. The van der Waals surface area contributed by atoms with Gasteiger partial charge in [0.1, 0.15) is 5.78 Å². The quantitative estimate of drug-likeness (QED) is 0.844. The molecule has 1 N–H and O–H groups in total. The van der Waals surface area contributed by atoms with Gasteiger partial charge in [-0.25, -0.2) is 0 Å². The van der Waals surface area contributed by atoms with Gasteiger partial charge in [-0.3, -0.25) is 4.79 Å². The zero-order chi connectivity index (χ0) is 14.1. The summed E-state index contributed by atoms with van der Waals surface area (Å²) in [5.74, 6) is 0.789. The van der Waals surface area contributed by atoms with Crippen LogP contribution in [0.5, 0.6) is 0 Å². The standard InChI is InChI=1S/C17H29NO2/c1-16(8-10-18-11-9-16)15(19)14-5-12-20-17(13-14)6-3-2-4-7-17/h14,18H,2-13H2,1H3. The van der Waals surface area contributed by atoms with Gasteiger partial charge in [-0.2, -0.15) is 0 Å². The fourth-order valence-electron chi connectivity index (χ4n) is 4.51. The molecule has 1 aliphatic carbocycles. The van der Waals surface area contributed by atoms with Crippen LogP contribution in [0.15, 0.2) is 0 Å². The second-order valence-corrected chi connectivity index (χ2v) is 7.46. The zero-order valence-electron chi connectivity index (χ0n) is 12.9. The summed E-state index contributed by atoms with van der Waals surface area (Å²) >= 11 is 0. The number of piperidine rings is 1. The lowest BCUT2D eigenvalue weighted by Gasteiger charge is -2.45. The van der Waals surface area contributed by atoms with E-state index in [-0.39, 0.29) is 16.9 Å². The van der Waals surface area contributed by atoms with Crippen LogP contribution in [0.1, 0.15) is 64.7 Å². The van der Waals surface area contributed by atoms with Crippen molar-refractivity contribution >= 4 is 5.78 Å².